The predicted octanol–water partition coefficient (Wildman–Crippen LogP) is 2.05. The zero-order valence-corrected chi connectivity index (χ0v) is 11.8. The Bertz CT molecular complexity index is 480. The second-order valence-corrected chi connectivity index (χ2v) is 5.62. The summed E-state index contributed by atoms with van der Waals surface area (Å²) in [5.74, 6) is 0.250. The molecular weight excluding hydrogens is 262 g/mol. The molecule has 1 fully saturated rings. The first-order valence-electron chi connectivity index (χ1n) is 6.51. The van der Waals surface area contributed by atoms with Crippen molar-refractivity contribution >= 4 is 23.1 Å². The fourth-order valence-electron chi connectivity index (χ4n) is 2.05. The molecule has 1 aliphatic rings. The molecule has 5 nitrogen and oxygen atoms in total. The lowest BCUT2D eigenvalue weighted by atomic mass is 10.2. The number of nitrogens with zero attached hydrogens (tertiary/aromatic N) is 2. The van der Waals surface area contributed by atoms with E-state index in [1.54, 1.807) is 0 Å². The van der Waals surface area contributed by atoms with E-state index in [2.05, 4.69) is 12.1 Å². The van der Waals surface area contributed by atoms with Crippen molar-refractivity contribution in [2.45, 2.75) is 38.6 Å². The van der Waals surface area contributed by atoms with Crippen molar-refractivity contribution in [1.82, 2.24) is 4.90 Å². The van der Waals surface area contributed by atoms with E-state index in [1.807, 2.05) is 16.3 Å². The molecule has 0 atom stereocenters. The van der Waals surface area contributed by atoms with Crippen molar-refractivity contribution in [1.29, 1.82) is 0 Å². The largest absolute Gasteiger partial charge is 0.409 e. The van der Waals surface area contributed by atoms with E-state index in [9.17, 15) is 4.79 Å². The van der Waals surface area contributed by atoms with Gasteiger partial charge in [0.1, 0.15) is 5.84 Å². The van der Waals surface area contributed by atoms with Gasteiger partial charge in [0.2, 0.25) is 0 Å². The fourth-order valence-corrected chi connectivity index (χ4v) is 3.00. The molecule has 1 saturated carbocycles. The first-order chi connectivity index (χ1) is 9.17. The summed E-state index contributed by atoms with van der Waals surface area (Å²) in [6.07, 6.45) is 3.37. The summed E-state index contributed by atoms with van der Waals surface area (Å²) in [7, 11) is 0. The molecule has 1 aliphatic carbocycles. The average Bonchev–Trinajstić information content (AvgIpc) is 3.14. The number of nitrogens with two attached hydrogens (primary N) is 1. The van der Waals surface area contributed by atoms with E-state index < -0.39 is 0 Å². The van der Waals surface area contributed by atoms with Gasteiger partial charge >= 0.3 is 0 Å². The van der Waals surface area contributed by atoms with Crippen molar-refractivity contribution in [3.8, 4) is 0 Å². The minimum Gasteiger partial charge on any atom is -0.409 e. The van der Waals surface area contributed by atoms with Gasteiger partial charge in [-0.1, -0.05) is 12.1 Å². The summed E-state index contributed by atoms with van der Waals surface area (Å²) in [5.41, 5.74) is 6.58. The van der Waals surface area contributed by atoms with Crippen LogP contribution in [0.25, 0.3) is 0 Å². The predicted molar refractivity (Wildman–Crippen MR) is 75.8 cm³/mol. The molecule has 0 aromatic carbocycles. The third-order valence-electron chi connectivity index (χ3n) is 3.31. The highest BCUT2D eigenvalue weighted by molar-refractivity contribution is 7.12. The summed E-state index contributed by atoms with van der Waals surface area (Å²) in [6, 6.07) is 2.33. The molecule has 0 saturated heterocycles. The molecule has 104 valence electrons. The molecule has 0 spiro atoms. The molecule has 0 aliphatic heterocycles. The maximum Gasteiger partial charge on any atom is 0.264 e. The van der Waals surface area contributed by atoms with Gasteiger partial charge in [-0.15, -0.1) is 11.3 Å². The monoisotopic (exact) mass is 281 g/mol. The van der Waals surface area contributed by atoms with Crippen molar-refractivity contribution < 1.29 is 10.0 Å². The van der Waals surface area contributed by atoms with Gasteiger partial charge in [0.05, 0.1) is 4.88 Å². The fraction of sp³-hybridized carbons (Fsp3) is 0.538. The van der Waals surface area contributed by atoms with Crippen LogP contribution in [-0.2, 0) is 6.42 Å². The van der Waals surface area contributed by atoms with Crippen LogP contribution in [-0.4, -0.2) is 34.4 Å². The minimum atomic E-state index is 0.0834. The molecule has 0 radical (unpaired) electrons. The molecule has 1 heterocycles. The number of amides is 1. The van der Waals surface area contributed by atoms with Crippen LogP contribution in [0.3, 0.4) is 0 Å². The highest BCUT2D eigenvalue weighted by Crippen LogP contribution is 2.30. The number of aryl methyl sites for hydroxylation is 1. The highest BCUT2D eigenvalue weighted by atomic mass is 32.1. The maximum absolute atomic E-state index is 12.6. The lowest BCUT2D eigenvalue weighted by molar-refractivity contribution is 0.0751. The van der Waals surface area contributed by atoms with Gasteiger partial charge in [0.25, 0.3) is 5.91 Å². The summed E-state index contributed by atoms with van der Waals surface area (Å²) < 4.78 is 0. The van der Waals surface area contributed by atoms with E-state index in [1.165, 1.54) is 11.3 Å². The molecule has 1 amide bonds. The van der Waals surface area contributed by atoms with Crippen molar-refractivity contribution in [3.05, 3.63) is 21.9 Å². The Labute approximate surface area is 116 Å². The first kappa shape index (κ1) is 13.9. The number of hydrogen-bond donors (Lipinski definition) is 2. The molecule has 1 aromatic heterocycles. The van der Waals surface area contributed by atoms with Gasteiger partial charge in [-0.2, -0.15) is 0 Å². The third kappa shape index (κ3) is 3.26. The van der Waals surface area contributed by atoms with Gasteiger partial charge in [-0.25, -0.2) is 0 Å². The zero-order chi connectivity index (χ0) is 13.8. The molecular formula is C13H19N3O2S. The van der Waals surface area contributed by atoms with E-state index in [4.69, 9.17) is 10.9 Å². The van der Waals surface area contributed by atoms with Gasteiger partial charge in [0, 0.05) is 19.0 Å². The molecule has 19 heavy (non-hydrogen) atoms. The number of carbonyl (C=O) groups excluding carboxylic acids is 1. The Balaban J connectivity index is 2.08. The van der Waals surface area contributed by atoms with Crippen LogP contribution < -0.4 is 5.73 Å². The Morgan fingerprint density at radius 2 is 2.37 bits per heavy atom. The SMILES string of the molecule is CCc1ccsc1C(=O)N(CCC(N)=NO)C1CC1. The summed E-state index contributed by atoms with van der Waals surface area (Å²) in [5, 5.41) is 13.5. The van der Waals surface area contributed by atoms with Crippen LogP contribution in [0.1, 0.15) is 41.4 Å². The molecule has 0 bridgehead atoms. The molecule has 1 aromatic rings. The zero-order valence-electron chi connectivity index (χ0n) is 11.0. The summed E-state index contributed by atoms with van der Waals surface area (Å²) in [4.78, 5) is 15.3. The van der Waals surface area contributed by atoms with E-state index >= 15 is 0 Å². The number of carbonyl (C=O) groups is 1. The minimum absolute atomic E-state index is 0.0834. The number of thiophene rings is 1. The quantitative estimate of drug-likeness (QED) is 0.362. The molecule has 6 heteroatoms. The Morgan fingerprint density at radius 1 is 1.63 bits per heavy atom. The van der Waals surface area contributed by atoms with Gasteiger partial charge in [-0.3, -0.25) is 4.79 Å². The highest BCUT2D eigenvalue weighted by Gasteiger charge is 2.33. The van der Waals surface area contributed by atoms with Crippen molar-refractivity contribution in [2.75, 3.05) is 6.54 Å². The lowest BCUT2D eigenvalue weighted by Crippen LogP contribution is -2.35. The van der Waals surface area contributed by atoms with E-state index in [0.29, 0.717) is 19.0 Å². The number of amidine groups is 1. The number of oxime groups is 1. The number of rotatable bonds is 6. The van der Waals surface area contributed by atoms with Crippen LogP contribution in [0, 0.1) is 0 Å². The second kappa shape index (κ2) is 6.06. The lowest BCUT2D eigenvalue weighted by Gasteiger charge is -2.22. The van der Waals surface area contributed by atoms with Gasteiger partial charge < -0.3 is 15.8 Å². The molecule has 3 N–H and O–H groups in total. The van der Waals surface area contributed by atoms with Crippen LogP contribution in [0.5, 0.6) is 0 Å². The first-order valence-corrected chi connectivity index (χ1v) is 7.39. The Hall–Kier alpha value is -1.56. The third-order valence-corrected chi connectivity index (χ3v) is 4.25. The van der Waals surface area contributed by atoms with E-state index in [-0.39, 0.29) is 11.7 Å². The normalized spacial score (nSPS) is 15.5. The standard InChI is InChI=1S/C13H19N3O2S/c1-2-9-6-8-19-12(9)13(17)16(10-3-4-10)7-5-11(14)15-18/h6,8,10,18H,2-5,7H2,1H3,(H2,14,15). The van der Waals surface area contributed by atoms with Gasteiger partial charge in [-0.05, 0) is 36.3 Å². The van der Waals surface area contributed by atoms with Crippen molar-refractivity contribution in [2.24, 2.45) is 10.9 Å². The molecule has 0 unspecified atom stereocenters. The molecule has 2 rings (SSSR count). The van der Waals surface area contributed by atoms with Gasteiger partial charge in [0.15, 0.2) is 0 Å². The second-order valence-electron chi connectivity index (χ2n) is 4.70. The van der Waals surface area contributed by atoms with Crippen LogP contribution in [0.15, 0.2) is 16.6 Å². The summed E-state index contributed by atoms with van der Waals surface area (Å²) in [6.45, 7) is 2.57. The maximum atomic E-state index is 12.6. The topological polar surface area (TPSA) is 78.9 Å². The van der Waals surface area contributed by atoms with Crippen LogP contribution in [0.2, 0.25) is 0 Å². The average molecular weight is 281 g/mol. The smallest absolute Gasteiger partial charge is 0.264 e. The van der Waals surface area contributed by atoms with Crippen LogP contribution >= 0.6 is 11.3 Å². The summed E-state index contributed by atoms with van der Waals surface area (Å²) >= 11 is 1.49. The number of hydrogen-bond acceptors (Lipinski definition) is 4. The Morgan fingerprint density at radius 3 is 2.95 bits per heavy atom. The van der Waals surface area contributed by atoms with Crippen LogP contribution in [0.4, 0.5) is 0 Å². The van der Waals surface area contributed by atoms with E-state index in [0.717, 1.165) is 29.7 Å². The Kier molecular flexibility index (Phi) is 4.42. The van der Waals surface area contributed by atoms with Crippen molar-refractivity contribution in [3.63, 3.8) is 0 Å².